The Kier molecular flexibility index (Phi) is 19.3. The molecule has 0 bridgehead atoms. The molecule has 526 valence electrons. The lowest BCUT2D eigenvalue weighted by molar-refractivity contribution is 0.668. The highest BCUT2D eigenvalue weighted by molar-refractivity contribution is 7.26. The molecule has 22 aromatic rings. The first-order valence-corrected chi connectivity index (χ1v) is 38.5. The van der Waals surface area contributed by atoms with Gasteiger partial charge in [0.05, 0.1) is 5.69 Å². The van der Waals surface area contributed by atoms with Crippen LogP contribution in [-0.4, -0.2) is 0 Å². The van der Waals surface area contributed by atoms with Crippen LogP contribution in [0.4, 0.5) is 45.5 Å². The predicted octanol–water partition coefficient (Wildman–Crippen LogP) is 30.3. The number of nitrogens with one attached hydrogen (secondary N) is 4. The molecule has 9 heteroatoms. The second-order valence-corrected chi connectivity index (χ2v) is 29.2. The Morgan fingerprint density at radius 1 is 0.200 bits per heavy atom. The molecule has 0 unspecified atom stereocenters. The average molecular weight is 1450 g/mol. The zero-order chi connectivity index (χ0) is 73.4. The zero-order valence-corrected chi connectivity index (χ0v) is 61.5. The predicted molar refractivity (Wildman–Crippen MR) is 471 cm³/mol. The van der Waals surface area contributed by atoms with Crippen LogP contribution in [0, 0.1) is 0 Å². The number of thiophene rings is 2. The number of para-hydroxylation sites is 7. The SMILES string of the molecule is c1ccc(Cc2ccc3c(c2)oc2ccccc23)cc1.c1ccc(Nc2ccc(-c3ccc4sc5ccccc5c4c3)cc2)cc1.c1ccc(Nc2ccc3oc4ccccc4c3c2)cc1.c1ccc(Nc2cccc3c2oc2ccccc23)cc1.c1ccc2cc(Nc3ccc4sc5ccccc5c4c3)ccc2c1. The summed E-state index contributed by atoms with van der Waals surface area (Å²) in [6.45, 7) is 0. The lowest BCUT2D eigenvalue weighted by atomic mass is 10.0. The summed E-state index contributed by atoms with van der Waals surface area (Å²) < 4.78 is 23.1. The second kappa shape index (κ2) is 31.2. The van der Waals surface area contributed by atoms with Crippen molar-refractivity contribution in [3.63, 3.8) is 0 Å². The fourth-order valence-corrected chi connectivity index (χ4v) is 16.5. The van der Waals surface area contributed by atoms with Gasteiger partial charge in [-0.2, -0.15) is 0 Å². The van der Waals surface area contributed by atoms with Crippen LogP contribution in [0.15, 0.2) is 414 Å². The smallest absolute Gasteiger partial charge is 0.158 e. The van der Waals surface area contributed by atoms with E-state index in [1.807, 2.05) is 162 Å². The minimum Gasteiger partial charge on any atom is -0.456 e. The Morgan fingerprint density at radius 2 is 0.609 bits per heavy atom. The van der Waals surface area contributed by atoms with Gasteiger partial charge in [-0.25, -0.2) is 0 Å². The Morgan fingerprint density at radius 3 is 1.26 bits per heavy atom. The van der Waals surface area contributed by atoms with Gasteiger partial charge in [-0.1, -0.05) is 249 Å². The van der Waals surface area contributed by atoms with E-state index < -0.39 is 0 Å². The van der Waals surface area contributed by atoms with E-state index in [4.69, 9.17) is 13.3 Å². The van der Waals surface area contributed by atoms with Gasteiger partial charge < -0.3 is 34.5 Å². The highest BCUT2D eigenvalue weighted by Crippen LogP contribution is 2.40. The number of benzene rings is 17. The van der Waals surface area contributed by atoms with Crippen LogP contribution in [0.5, 0.6) is 0 Å². The molecule has 17 aromatic carbocycles. The summed E-state index contributed by atoms with van der Waals surface area (Å²) >= 11 is 3.71. The van der Waals surface area contributed by atoms with Gasteiger partial charge in [0.2, 0.25) is 0 Å². The third-order valence-electron chi connectivity index (χ3n) is 19.7. The first-order valence-electron chi connectivity index (χ1n) is 36.9. The first kappa shape index (κ1) is 67.9. The van der Waals surface area contributed by atoms with Crippen molar-refractivity contribution in [2.45, 2.75) is 6.42 Å². The van der Waals surface area contributed by atoms with Gasteiger partial charge in [-0.15, -0.1) is 22.7 Å². The lowest BCUT2D eigenvalue weighted by Gasteiger charge is -2.08. The number of hydrogen-bond acceptors (Lipinski definition) is 9. The molecule has 5 aromatic heterocycles. The molecule has 7 nitrogen and oxygen atoms in total. The van der Waals surface area contributed by atoms with Gasteiger partial charge in [0.1, 0.15) is 27.9 Å². The maximum atomic E-state index is 5.99. The summed E-state index contributed by atoms with van der Waals surface area (Å²) in [6, 6.07) is 139. The number of fused-ring (bicyclic) bond motifs is 16. The van der Waals surface area contributed by atoms with E-state index >= 15 is 0 Å². The molecule has 0 aliphatic carbocycles. The Bertz CT molecular complexity index is 6930. The van der Waals surface area contributed by atoms with Crippen LogP contribution >= 0.6 is 22.7 Å². The number of rotatable bonds is 11. The Hall–Kier alpha value is -14.0. The monoisotopic (exact) mass is 1450 g/mol. The molecular weight excluding hydrogens is 1380 g/mol. The molecule has 0 atom stereocenters. The minimum atomic E-state index is 0.901. The molecular formula is C101H72N4O3S2. The topological polar surface area (TPSA) is 87.5 Å². The van der Waals surface area contributed by atoms with E-state index in [0.717, 1.165) is 107 Å². The summed E-state index contributed by atoms with van der Waals surface area (Å²) in [5.41, 5.74) is 19.3. The van der Waals surface area contributed by atoms with E-state index in [0.29, 0.717) is 0 Å². The molecule has 0 radical (unpaired) electrons. The van der Waals surface area contributed by atoms with Crippen LogP contribution in [0.25, 0.3) is 128 Å². The maximum absolute atomic E-state index is 5.99. The fraction of sp³-hybridized carbons (Fsp3) is 0.00990. The molecule has 22 rings (SSSR count). The van der Waals surface area contributed by atoms with Crippen LogP contribution in [-0.2, 0) is 6.42 Å². The first-order chi connectivity index (χ1) is 54.4. The molecule has 5 heterocycles. The van der Waals surface area contributed by atoms with E-state index in [2.05, 4.69) is 282 Å². The fourth-order valence-electron chi connectivity index (χ4n) is 14.3. The molecule has 110 heavy (non-hydrogen) atoms. The molecule has 0 aliphatic heterocycles. The summed E-state index contributed by atoms with van der Waals surface area (Å²) in [4.78, 5) is 0. The van der Waals surface area contributed by atoms with Crippen molar-refractivity contribution in [2.75, 3.05) is 21.3 Å². The van der Waals surface area contributed by atoms with Crippen LogP contribution < -0.4 is 21.3 Å². The summed E-state index contributed by atoms with van der Waals surface area (Å²) in [5.74, 6) is 0. The van der Waals surface area contributed by atoms with Gasteiger partial charge >= 0.3 is 0 Å². The molecule has 0 fully saturated rings. The van der Waals surface area contributed by atoms with Crippen molar-refractivity contribution in [1.82, 2.24) is 0 Å². The zero-order valence-electron chi connectivity index (χ0n) is 59.9. The standard InChI is InChI=1S/C24H17NS.C22H15NS.C19H14O.2C18H13NO/c1-2-6-19(7-3-1)25-20-13-10-17(11-14-20)18-12-15-24-22(16-18)21-8-4-5-9-23(21)26-24;1-2-6-16-13-17(10-9-15(16)5-1)23-18-11-12-22-20(14-18)19-7-3-4-8-21(19)24-22;1-2-6-14(7-3-1)12-15-10-11-17-16-8-4-5-9-18(16)20-19(17)13-15;1-2-7-13(8-3-1)19-16-11-6-10-15-14-9-4-5-12-17(14)20-18(15)16;1-2-6-13(7-3-1)19-14-10-11-18-16(12-14)15-8-4-5-9-17(15)20-18/h1-16,25H;1-14,23H;1-11,13H,12H2;2*1-12,19H. The molecule has 0 amide bonds. The average Bonchev–Trinajstić information content (AvgIpc) is 1.65. The Balaban J connectivity index is 0.0000000969. The molecule has 0 aliphatic rings. The van der Waals surface area contributed by atoms with Gasteiger partial charge in [-0.05, 0) is 191 Å². The van der Waals surface area contributed by atoms with Gasteiger partial charge in [0.15, 0.2) is 5.58 Å². The van der Waals surface area contributed by atoms with Crippen molar-refractivity contribution < 1.29 is 13.3 Å². The van der Waals surface area contributed by atoms with Crippen molar-refractivity contribution in [3.8, 4) is 11.1 Å². The van der Waals surface area contributed by atoms with Crippen LogP contribution in [0.1, 0.15) is 11.1 Å². The van der Waals surface area contributed by atoms with Gasteiger partial charge in [-0.3, -0.25) is 0 Å². The number of furan rings is 3. The molecule has 4 N–H and O–H groups in total. The van der Waals surface area contributed by atoms with E-state index in [1.165, 1.54) is 84.1 Å². The van der Waals surface area contributed by atoms with E-state index in [-0.39, 0.29) is 0 Å². The molecule has 0 spiro atoms. The number of hydrogen-bond donors (Lipinski definition) is 4. The molecule has 0 saturated heterocycles. The van der Waals surface area contributed by atoms with E-state index in [1.54, 1.807) is 0 Å². The molecule has 0 saturated carbocycles. The van der Waals surface area contributed by atoms with Crippen molar-refractivity contribution in [1.29, 1.82) is 0 Å². The summed E-state index contributed by atoms with van der Waals surface area (Å²) in [7, 11) is 0. The van der Waals surface area contributed by atoms with Crippen molar-refractivity contribution in [3.05, 3.63) is 412 Å². The largest absolute Gasteiger partial charge is 0.456 e. The van der Waals surface area contributed by atoms with Gasteiger partial charge in [0.25, 0.3) is 0 Å². The van der Waals surface area contributed by atoms with Crippen LogP contribution in [0.2, 0.25) is 0 Å². The van der Waals surface area contributed by atoms with Crippen molar-refractivity contribution >= 4 is 185 Å². The van der Waals surface area contributed by atoms with E-state index in [9.17, 15) is 0 Å². The highest BCUT2D eigenvalue weighted by Gasteiger charge is 2.14. The quantitative estimate of drug-likeness (QED) is 0.103. The Labute approximate surface area is 644 Å². The second-order valence-electron chi connectivity index (χ2n) is 27.0. The minimum absolute atomic E-state index is 0.901. The third-order valence-corrected chi connectivity index (χ3v) is 22.0. The lowest BCUT2D eigenvalue weighted by Crippen LogP contribution is -1.89. The maximum Gasteiger partial charge on any atom is 0.158 e. The third kappa shape index (κ3) is 15.0. The number of anilines is 8. The summed E-state index contributed by atoms with van der Waals surface area (Å²) in [6.07, 6.45) is 0.938. The normalized spacial score (nSPS) is 11.1. The summed E-state index contributed by atoms with van der Waals surface area (Å²) in [5, 5.41) is 28.6. The van der Waals surface area contributed by atoms with Gasteiger partial charge in [0, 0.05) is 112 Å². The van der Waals surface area contributed by atoms with Crippen molar-refractivity contribution in [2.24, 2.45) is 0 Å². The highest BCUT2D eigenvalue weighted by atomic mass is 32.1. The van der Waals surface area contributed by atoms with Crippen LogP contribution in [0.3, 0.4) is 0 Å².